The maximum Gasteiger partial charge on any atom is -0.0128 e. The summed E-state index contributed by atoms with van der Waals surface area (Å²) in [7, 11) is 0. The van der Waals surface area contributed by atoms with Crippen LogP contribution in [0.3, 0.4) is 0 Å². The molecule has 0 radical (unpaired) electrons. The summed E-state index contributed by atoms with van der Waals surface area (Å²) in [6, 6.07) is 0. The summed E-state index contributed by atoms with van der Waals surface area (Å²) in [6.07, 6.45) is 0. The van der Waals surface area contributed by atoms with Crippen LogP contribution in [-0.4, -0.2) is 0 Å². The molecule has 1 saturated carbocycles. The van der Waals surface area contributed by atoms with Crippen molar-refractivity contribution in [3.8, 4) is 0 Å². The highest BCUT2D eigenvalue weighted by Gasteiger charge is 2.81. The molecule has 0 saturated heterocycles. The molecule has 7 unspecified atom stereocenters. The van der Waals surface area contributed by atoms with Gasteiger partial charge < -0.3 is 0 Å². The molecule has 0 aromatic carbocycles. The molecule has 0 N–H and O–H groups in total. The third-order valence-corrected chi connectivity index (χ3v) is 15.6. The highest BCUT2D eigenvalue weighted by Crippen LogP contribution is 2.85. The maximum atomic E-state index is 2.81. The van der Waals surface area contributed by atoms with Gasteiger partial charge in [-0.15, -0.1) is 0 Å². The van der Waals surface area contributed by atoms with E-state index in [2.05, 4.69) is 152 Å². The van der Waals surface area contributed by atoms with Crippen molar-refractivity contribution in [2.45, 2.75) is 152 Å². The minimum absolute atomic E-state index is 0.163. The minimum atomic E-state index is 0.163. The standard InChI is InChI=1S/C38H76/c1-23(2)30(15)38(29(13)14,34(19,26(7)8)27(9)10)35(20,28(11)12)32(24(3)4)36(21)31(16)37(36,22)33(17,18)25(5)6/h23-32H,1-22H3. The summed E-state index contributed by atoms with van der Waals surface area (Å²) in [5.74, 6) is 6.29. The number of hydrogen-bond acceptors (Lipinski definition) is 0. The van der Waals surface area contributed by atoms with Gasteiger partial charge in [-0.1, -0.05) is 152 Å². The Morgan fingerprint density at radius 3 is 1.11 bits per heavy atom. The van der Waals surface area contributed by atoms with E-state index in [-0.39, 0.29) is 21.7 Å². The van der Waals surface area contributed by atoms with Crippen LogP contribution in [0.15, 0.2) is 0 Å². The molecule has 1 fully saturated rings. The summed E-state index contributed by atoms with van der Waals surface area (Å²) >= 11 is 0. The average Bonchev–Trinajstić information content (AvgIpc) is 3.19. The Morgan fingerprint density at radius 1 is 0.500 bits per heavy atom. The van der Waals surface area contributed by atoms with Crippen LogP contribution in [0.25, 0.3) is 0 Å². The molecule has 1 aliphatic rings. The smallest absolute Gasteiger partial charge is 0.0128 e. The predicted octanol–water partition coefficient (Wildman–Crippen LogP) is 12.5. The molecule has 0 spiro atoms. The number of rotatable bonds is 13. The van der Waals surface area contributed by atoms with Crippen molar-refractivity contribution in [1.82, 2.24) is 0 Å². The van der Waals surface area contributed by atoms with Gasteiger partial charge in [0.2, 0.25) is 0 Å². The van der Waals surface area contributed by atoms with Crippen LogP contribution in [-0.2, 0) is 0 Å². The molecule has 0 bridgehead atoms. The molecule has 0 heteroatoms. The topological polar surface area (TPSA) is 0 Å². The minimum Gasteiger partial charge on any atom is -0.0625 e. The van der Waals surface area contributed by atoms with Gasteiger partial charge in [-0.3, -0.25) is 0 Å². The van der Waals surface area contributed by atoms with Crippen LogP contribution in [0.5, 0.6) is 0 Å². The summed E-state index contributed by atoms with van der Waals surface area (Å²) in [5.41, 5.74) is 1.43. The third kappa shape index (κ3) is 4.24. The molecule has 38 heavy (non-hydrogen) atoms. The molecule has 0 aromatic heterocycles. The maximum absolute atomic E-state index is 2.81. The van der Waals surface area contributed by atoms with Gasteiger partial charge in [-0.2, -0.15) is 0 Å². The van der Waals surface area contributed by atoms with Crippen LogP contribution in [0.4, 0.5) is 0 Å². The van der Waals surface area contributed by atoms with Gasteiger partial charge in [0.1, 0.15) is 0 Å². The molecule has 0 aliphatic heterocycles. The quantitative estimate of drug-likeness (QED) is 0.221. The van der Waals surface area contributed by atoms with E-state index in [4.69, 9.17) is 0 Å². The zero-order chi connectivity index (χ0) is 30.8. The van der Waals surface area contributed by atoms with E-state index < -0.39 is 0 Å². The molecule has 0 amide bonds. The van der Waals surface area contributed by atoms with Crippen molar-refractivity contribution in [2.24, 2.45) is 91.7 Å². The average molecular weight is 533 g/mol. The molecular formula is C38H76. The van der Waals surface area contributed by atoms with Gasteiger partial charge >= 0.3 is 0 Å². The summed E-state index contributed by atoms with van der Waals surface area (Å²) < 4.78 is 0. The number of hydrogen-bond donors (Lipinski definition) is 0. The lowest BCUT2D eigenvalue weighted by Gasteiger charge is -2.72. The van der Waals surface area contributed by atoms with Gasteiger partial charge in [0, 0.05) is 0 Å². The molecular weight excluding hydrogens is 456 g/mol. The van der Waals surface area contributed by atoms with E-state index in [1.807, 2.05) is 0 Å². The first kappa shape index (κ1) is 36.0. The van der Waals surface area contributed by atoms with Crippen molar-refractivity contribution >= 4 is 0 Å². The molecule has 0 aromatic rings. The van der Waals surface area contributed by atoms with Crippen LogP contribution in [0, 0.1) is 91.7 Å². The monoisotopic (exact) mass is 533 g/mol. The van der Waals surface area contributed by atoms with Crippen molar-refractivity contribution in [3.63, 3.8) is 0 Å². The Balaban J connectivity index is 4.44. The van der Waals surface area contributed by atoms with Gasteiger partial charge in [-0.25, -0.2) is 0 Å². The Bertz CT molecular complexity index is 770. The fourth-order valence-corrected chi connectivity index (χ4v) is 12.1. The molecule has 0 nitrogen and oxygen atoms in total. The normalized spacial score (nSPS) is 30.1. The summed E-state index contributed by atoms with van der Waals surface area (Å²) in [4.78, 5) is 0. The Hall–Kier alpha value is 0. The summed E-state index contributed by atoms with van der Waals surface area (Å²) in [6.45, 7) is 57.1. The Labute approximate surface area is 243 Å². The van der Waals surface area contributed by atoms with Gasteiger partial charge in [0.25, 0.3) is 0 Å². The molecule has 7 atom stereocenters. The Kier molecular flexibility index (Phi) is 10.4. The van der Waals surface area contributed by atoms with Crippen molar-refractivity contribution in [3.05, 3.63) is 0 Å². The SMILES string of the molecule is CC(C)C(C1(C)C(C)C1(C)C(C)(C)C(C)C)C(C)(C(C)C)C(C(C)C)(C(C)C(C)C)C(C)(C(C)C)C(C)C. The molecule has 0 heterocycles. The van der Waals surface area contributed by atoms with E-state index in [0.29, 0.717) is 70.0 Å². The van der Waals surface area contributed by atoms with Crippen LogP contribution in [0.2, 0.25) is 0 Å². The highest BCUT2D eigenvalue weighted by molar-refractivity contribution is 5.27. The van der Waals surface area contributed by atoms with E-state index in [9.17, 15) is 0 Å². The molecule has 1 rings (SSSR count). The summed E-state index contributed by atoms with van der Waals surface area (Å²) in [5, 5.41) is 0. The third-order valence-electron chi connectivity index (χ3n) is 15.6. The lowest BCUT2D eigenvalue weighted by atomic mass is 9.32. The first-order valence-electron chi connectivity index (χ1n) is 16.8. The van der Waals surface area contributed by atoms with Crippen LogP contribution in [0.1, 0.15) is 152 Å². The van der Waals surface area contributed by atoms with E-state index >= 15 is 0 Å². The second kappa shape index (κ2) is 11.0. The van der Waals surface area contributed by atoms with E-state index in [1.165, 1.54) is 0 Å². The fraction of sp³-hybridized carbons (Fsp3) is 1.00. The van der Waals surface area contributed by atoms with Gasteiger partial charge in [0.05, 0.1) is 0 Å². The van der Waals surface area contributed by atoms with Crippen molar-refractivity contribution in [1.29, 1.82) is 0 Å². The lowest BCUT2D eigenvalue weighted by Crippen LogP contribution is -2.68. The molecule has 1 aliphatic carbocycles. The van der Waals surface area contributed by atoms with Crippen LogP contribution >= 0.6 is 0 Å². The van der Waals surface area contributed by atoms with Crippen LogP contribution < -0.4 is 0 Å². The Morgan fingerprint density at radius 2 is 0.868 bits per heavy atom. The zero-order valence-electron chi connectivity index (χ0n) is 30.8. The fourth-order valence-electron chi connectivity index (χ4n) is 12.1. The first-order valence-corrected chi connectivity index (χ1v) is 16.8. The predicted molar refractivity (Wildman–Crippen MR) is 174 cm³/mol. The highest BCUT2D eigenvalue weighted by atomic mass is 14.8. The lowest BCUT2D eigenvalue weighted by molar-refractivity contribution is -0.251. The van der Waals surface area contributed by atoms with Crippen molar-refractivity contribution in [2.75, 3.05) is 0 Å². The largest absolute Gasteiger partial charge is 0.0625 e. The second-order valence-corrected chi connectivity index (χ2v) is 17.9. The zero-order valence-corrected chi connectivity index (χ0v) is 30.8. The first-order chi connectivity index (χ1) is 16.8. The van der Waals surface area contributed by atoms with Gasteiger partial charge in [-0.05, 0) is 91.7 Å². The molecule has 228 valence electrons. The van der Waals surface area contributed by atoms with E-state index in [1.54, 1.807) is 0 Å². The van der Waals surface area contributed by atoms with Gasteiger partial charge in [0.15, 0.2) is 0 Å². The van der Waals surface area contributed by atoms with Crippen molar-refractivity contribution < 1.29 is 0 Å². The second-order valence-electron chi connectivity index (χ2n) is 17.9. The van der Waals surface area contributed by atoms with E-state index in [0.717, 1.165) is 0 Å².